The largest absolute Gasteiger partial charge is 0.393 e. The Labute approximate surface area is 168 Å². The molecule has 4 rings (SSSR count). The summed E-state index contributed by atoms with van der Waals surface area (Å²) >= 11 is 0. The quantitative estimate of drug-likeness (QED) is 0.401. The molecule has 0 radical (unpaired) electrons. The first-order valence-electron chi connectivity index (χ1n) is 12.2. The normalized spacial score (nSPS) is 46.6. The molecule has 3 fully saturated rings. The van der Waals surface area contributed by atoms with Crippen molar-refractivity contribution in [1.29, 1.82) is 0 Å². The van der Waals surface area contributed by atoms with Crippen LogP contribution in [0, 0.1) is 40.4 Å². The smallest absolute Gasteiger partial charge is 0.0577 e. The Morgan fingerprint density at radius 1 is 1.04 bits per heavy atom. The highest BCUT2D eigenvalue weighted by atomic mass is 16.3. The fraction of sp³-hybridized carbons (Fsp3) is 0.923. The average molecular weight is 373 g/mol. The zero-order valence-electron chi connectivity index (χ0n) is 18.5. The van der Waals surface area contributed by atoms with Crippen molar-refractivity contribution >= 4 is 0 Å². The van der Waals surface area contributed by atoms with E-state index in [2.05, 4.69) is 33.8 Å². The molecule has 7 atom stereocenters. The number of fused-ring (bicyclic) bond motifs is 5. The van der Waals surface area contributed by atoms with Crippen LogP contribution >= 0.6 is 0 Å². The molecule has 0 bridgehead atoms. The first-order chi connectivity index (χ1) is 12.8. The van der Waals surface area contributed by atoms with Crippen LogP contribution < -0.4 is 0 Å². The van der Waals surface area contributed by atoms with Crippen LogP contribution in [0.2, 0.25) is 0 Å². The molecule has 0 heterocycles. The van der Waals surface area contributed by atoms with Crippen molar-refractivity contribution in [2.45, 2.75) is 111 Å². The predicted octanol–water partition coefficient (Wildman–Crippen LogP) is 7.14. The van der Waals surface area contributed by atoms with Crippen LogP contribution in [0.25, 0.3) is 0 Å². The van der Waals surface area contributed by atoms with Crippen LogP contribution in [0.15, 0.2) is 11.6 Å². The minimum atomic E-state index is -0.0727. The van der Waals surface area contributed by atoms with Crippen LogP contribution in [0.5, 0.6) is 0 Å². The fourth-order valence-corrected chi connectivity index (χ4v) is 8.17. The molecule has 4 aliphatic carbocycles. The molecule has 1 N–H and O–H groups in total. The van der Waals surface area contributed by atoms with E-state index in [0.717, 1.165) is 42.4 Å². The minimum Gasteiger partial charge on any atom is -0.393 e. The highest BCUT2D eigenvalue weighted by Gasteiger charge is 2.58. The van der Waals surface area contributed by atoms with Gasteiger partial charge in [0.05, 0.1) is 6.10 Å². The fourth-order valence-electron chi connectivity index (χ4n) is 8.17. The summed E-state index contributed by atoms with van der Waals surface area (Å²) < 4.78 is 0. The van der Waals surface area contributed by atoms with Crippen LogP contribution in [0.3, 0.4) is 0 Å². The summed E-state index contributed by atoms with van der Waals surface area (Å²) in [6, 6.07) is 0. The lowest BCUT2D eigenvalue weighted by molar-refractivity contribution is -0.0508. The Morgan fingerprint density at radius 3 is 2.63 bits per heavy atom. The van der Waals surface area contributed by atoms with Gasteiger partial charge in [-0.25, -0.2) is 0 Å². The predicted molar refractivity (Wildman–Crippen MR) is 115 cm³/mol. The summed E-state index contributed by atoms with van der Waals surface area (Å²) in [5, 5.41) is 10.2. The summed E-state index contributed by atoms with van der Waals surface area (Å²) in [6.07, 6.45) is 18.7. The molecule has 0 aromatic carbocycles. The number of unbranched alkanes of at least 4 members (excludes halogenated alkanes) is 1. The van der Waals surface area contributed by atoms with Crippen molar-refractivity contribution in [1.82, 2.24) is 0 Å². The summed E-state index contributed by atoms with van der Waals surface area (Å²) in [4.78, 5) is 0. The molecule has 0 aromatic heterocycles. The molecule has 0 spiro atoms. The Balaban J connectivity index is 1.46. The topological polar surface area (TPSA) is 20.2 Å². The lowest BCUT2D eigenvalue weighted by atomic mass is 9.47. The number of rotatable bonds is 5. The summed E-state index contributed by atoms with van der Waals surface area (Å²) in [7, 11) is 0. The maximum absolute atomic E-state index is 10.2. The highest BCUT2D eigenvalue weighted by molar-refractivity contribution is 5.25. The molecule has 0 amide bonds. The van der Waals surface area contributed by atoms with Gasteiger partial charge in [0.2, 0.25) is 0 Å². The van der Waals surface area contributed by atoms with E-state index in [-0.39, 0.29) is 6.10 Å². The van der Waals surface area contributed by atoms with Crippen molar-refractivity contribution in [3.8, 4) is 0 Å². The third-order valence-corrected chi connectivity index (χ3v) is 9.86. The second-order valence-corrected chi connectivity index (χ2v) is 11.7. The zero-order chi connectivity index (χ0) is 19.2. The van der Waals surface area contributed by atoms with Crippen molar-refractivity contribution in [2.24, 2.45) is 40.4 Å². The molecular weight excluding hydrogens is 328 g/mol. The molecule has 0 aromatic rings. The van der Waals surface area contributed by atoms with E-state index in [4.69, 9.17) is 0 Å². The van der Waals surface area contributed by atoms with Gasteiger partial charge in [-0.15, -0.1) is 0 Å². The van der Waals surface area contributed by atoms with Gasteiger partial charge in [0.1, 0.15) is 0 Å². The van der Waals surface area contributed by atoms with Crippen molar-refractivity contribution < 1.29 is 5.11 Å². The summed E-state index contributed by atoms with van der Waals surface area (Å²) in [5.74, 6) is 4.64. The van der Waals surface area contributed by atoms with E-state index in [9.17, 15) is 5.11 Å². The molecule has 27 heavy (non-hydrogen) atoms. The standard InChI is InChI=1S/C26H44O/c1-18(2)7-5-6-8-19-10-12-23-22-11-9-20-17-21(27)13-15-26(20,4)24(22)14-16-25(19,23)3/h9,18-19,21-24,27H,5-8,10-17H2,1-4H3/t19?,21?,22?,23?,24?,25-,26?/m1/s1. The molecule has 6 unspecified atom stereocenters. The first kappa shape index (κ1) is 20.0. The third kappa shape index (κ3) is 3.45. The number of aliphatic hydroxyl groups is 1. The number of allylic oxidation sites excluding steroid dienone is 1. The number of hydrogen-bond donors (Lipinski definition) is 1. The van der Waals surface area contributed by atoms with Crippen LogP contribution in [-0.4, -0.2) is 11.2 Å². The number of aliphatic hydroxyl groups excluding tert-OH is 1. The van der Waals surface area contributed by atoms with E-state index in [1.54, 1.807) is 5.57 Å². The van der Waals surface area contributed by atoms with E-state index in [1.165, 1.54) is 64.2 Å². The minimum absolute atomic E-state index is 0.0727. The van der Waals surface area contributed by atoms with Gasteiger partial charge >= 0.3 is 0 Å². The van der Waals surface area contributed by atoms with Crippen molar-refractivity contribution in [3.63, 3.8) is 0 Å². The van der Waals surface area contributed by atoms with Crippen molar-refractivity contribution in [2.75, 3.05) is 0 Å². The van der Waals surface area contributed by atoms with Gasteiger partial charge in [-0.2, -0.15) is 0 Å². The molecule has 0 aliphatic heterocycles. The second-order valence-electron chi connectivity index (χ2n) is 11.7. The van der Waals surface area contributed by atoms with Gasteiger partial charge in [0, 0.05) is 0 Å². The number of hydrogen-bond acceptors (Lipinski definition) is 1. The maximum Gasteiger partial charge on any atom is 0.0577 e. The summed E-state index contributed by atoms with van der Waals surface area (Å²) in [6.45, 7) is 9.97. The Hall–Kier alpha value is -0.300. The average Bonchev–Trinajstić information content (AvgIpc) is 2.96. The monoisotopic (exact) mass is 372 g/mol. The van der Waals surface area contributed by atoms with Gasteiger partial charge < -0.3 is 5.11 Å². The van der Waals surface area contributed by atoms with E-state index < -0.39 is 0 Å². The van der Waals surface area contributed by atoms with Gasteiger partial charge in [0.25, 0.3) is 0 Å². The summed E-state index contributed by atoms with van der Waals surface area (Å²) in [5.41, 5.74) is 2.64. The molecule has 154 valence electrons. The van der Waals surface area contributed by atoms with Gasteiger partial charge in [0.15, 0.2) is 0 Å². The molecule has 1 nitrogen and oxygen atoms in total. The second kappa shape index (κ2) is 7.51. The zero-order valence-corrected chi connectivity index (χ0v) is 18.5. The SMILES string of the molecule is CC(C)CCCCC1CCC2C3CC=C4CC(O)CCC4(C)C3CC[C@]12C. The van der Waals surface area contributed by atoms with E-state index in [1.807, 2.05) is 0 Å². The lowest BCUT2D eigenvalue weighted by Gasteiger charge is -2.58. The van der Waals surface area contributed by atoms with Gasteiger partial charge in [-0.05, 0) is 98.2 Å². The third-order valence-electron chi connectivity index (χ3n) is 9.86. The van der Waals surface area contributed by atoms with Crippen LogP contribution in [-0.2, 0) is 0 Å². The van der Waals surface area contributed by atoms with Gasteiger partial charge in [-0.3, -0.25) is 0 Å². The lowest BCUT2D eigenvalue weighted by Crippen LogP contribution is -2.50. The Morgan fingerprint density at radius 2 is 1.85 bits per heavy atom. The first-order valence-corrected chi connectivity index (χ1v) is 12.2. The molecule has 1 heteroatoms. The molecule has 0 saturated heterocycles. The molecule has 3 saturated carbocycles. The van der Waals surface area contributed by atoms with Crippen LogP contribution in [0.1, 0.15) is 105 Å². The molecule has 4 aliphatic rings. The maximum atomic E-state index is 10.2. The van der Waals surface area contributed by atoms with Gasteiger partial charge in [-0.1, -0.05) is 58.6 Å². The van der Waals surface area contributed by atoms with E-state index in [0.29, 0.717) is 10.8 Å². The molecular formula is C26H44O. The Kier molecular flexibility index (Phi) is 5.56. The van der Waals surface area contributed by atoms with Crippen molar-refractivity contribution in [3.05, 3.63) is 11.6 Å². The van der Waals surface area contributed by atoms with Crippen LogP contribution in [0.4, 0.5) is 0 Å². The highest BCUT2D eigenvalue weighted by Crippen LogP contribution is 2.66. The Bertz CT molecular complexity index is 563. The van der Waals surface area contributed by atoms with E-state index >= 15 is 0 Å².